The van der Waals surface area contributed by atoms with E-state index in [1.807, 2.05) is 23.6 Å². The molecular weight excluding hydrogens is 268 g/mol. The highest BCUT2D eigenvalue weighted by molar-refractivity contribution is 7.10. The smallest absolute Gasteiger partial charge is 0.244 e. The Labute approximate surface area is 124 Å². The SMILES string of the molecule is O=C(/C=C/c1cccs1)NCC1(CN2CCCC2)CC1. The van der Waals surface area contributed by atoms with Crippen molar-refractivity contribution in [3.63, 3.8) is 0 Å². The van der Waals surface area contributed by atoms with E-state index in [2.05, 4.69) is 10.2 Å². The Bertz CT molecular complexity index is 471. The maximum absolute atomic E-state index is 11.8. The fourth-order valence-corrected chi connectivity index (χ4v) is 3.48. The molecule has 0 radical (unpaired) electrons. The second-order valence-corrected chi connectivity index (χ2v) is 7.03. The van der Waals surface area contributed by atoms with Crippen LogP contribution in [-0.2, 0) is 4.79 Å². The highest BCUT2D eigenvalue weighted by Crippen LogP contribution is 2.46. The van der Waals surface area contributed by atoms with Crippen molar-refractivity contribution in [1.29, 1.82) is 0 Å². The number of nitrogens with zero attached hydrogens (tertiary/aromatic N) is 1. The summed E-state index contributed by atoms with van der Waals surface area (Å²) in [5.41, 5.74) is 0.372. The lowest BCUT2D eigenvalue weighted by Gasteiger charge is -2.22. The van der Waals surface area contributed by atoms with Gasteiger partial charge < -0.3 is 10.2 Å². The monoisotopic (exact) mass is 290 g/mol. The van der Waals surface area contributed by atoms with Crippen LogP contribution in [0, 0.1) is 5.41 Å². The lowest BCUT2D eigenvalue weighted by Crippen LogP contribution is -2.36. The summed E-state index contributed by atoms with van der Waals surface area (Å²) in [6.45, 7) is 4.49. The van der Waals surface area contributed by atoms with Gasteiger partial charge in [0.05, 0.1) is 0 Å². The zero-order valence-electron chi connectivity index (χ0n) is 11.8. The molecule has 3 nitrogen and oxygen atoms in total. The van der Waals surface area contributed by atoms with E-state index in [-0.39, 0.29) is 5.91 Å². The van der Waals surface area contributed by atoms with Crippen molar-refractivity contribution >= 4 is 23.3 Å². The van der Waals surface area contributed by atoms with Crippen LogP contribution in [-0.4, -0.2) is 37.0 Å². The number of rotatable bonds is 6. The zero-order chi connectivity index (χ0) is 13.8. The molecule has 1 aliphatic carbocycles. The summed E-state index contributed by atoms with van der Waals surface area (Å²) in [4.78, 5) is 15.5. The summed E-state index contributed by atoms with van der Waals surface area (Å²) in [7, 11) is 0. The third-order valence-electron chi connectivity index (χ3n) is 4.29. The number of carbonyl (C=O) groups excluding carboxylic acids is 1. The predicted octanol–water partition coefficient (Wildman–Crippen LogP) is 2.75. The molecule has 1 N–H and O–H groups in total. The Kier molecular flexibility index (Phi) is 4.22. The van der Waals surface area contributed by atoms with Gasteiger partial charge in [0.15, 0.2) is 0 Å². The topological polar surface area (TPSA) is 32.3 Å². The summed E-state index contributed by atoms with van der Waals surface area (Å²) < 4.78 is 0. The standard InChI is InChI=1S/C16H22N2OS/c19-15(6-5-14-4-3-11-20-14)17-12-16(7-8-16)13-18-9-1-2-10-18/h3-6,11H,1-2,7-10,12-13H2,(H,17,19)/b6-5+. The molecule has 2 heterocycles. The number of hydrogen-bond donors (Lipinski definition) is 1. The first-order valence-corrected chi connectivity index (χ1v) is 8.36. The van der Waals surface area contributed by atoms with Crippen molar-refractivity contribution in [1.82, 2.24) is 10.2 Å². The highest BCUT2D eigenvalue weighted by atomic mass is 32.1. The Morgan fingerprint density at radius 1 is 1.40 bits per heavy atom. The molecular formula is C16H22N2OS. The summed E-state index contributed by atoms with van der Waals surface area (Å²) in [6, 6.07) is 4.02. The quantitative estimate of drug-likeness (QED) is 0.817. The van der Waals surface area contributed by atoms with Crippen molar-refractivity contribution < 1.29 is 4.79 Å². The van der Waals surface area contributed by atoms with Crippen LogP contribution in [0.25, 0.3) is 6.08 Å². The molecule has 20 heavy (non-hydrogen) atoms. The van der Waals surface area contributed by atoms with Gasteiger partial charge in [0.1, 0.15) is 0 Å². The Balaban J connectivity index is 1.43. The minimum absolute atomic E-state index is 0.0334. The molecule has 2 aliphatic rings. The van der Waals surface area contributed by atoms with E-state index >= 15 is 0 Å². The Hall–Kier alpha value is -1.13. The number of likely N-dealkylation sites (tertiary alicyclic amines) is 1. The van der Waals surface area contributed by atoms with Crippen LogP contribution >= 0.6 is 11.3 Å². The van der Waals surface area contributed by atoms with E-state index in [1.54, 1.807) is 17.4 Å². The lowest BCUT2D eigenvalue weighted by molar-refractivity contribution is -0.116. The normalized spacial score (nSPS) is 21.4. The number of thiophene rings is 1. The van der Waals surface area contributed by atoms with Gasteiger partial charge in [0.2, 0.25) is 5.91 Å². The summed E-state index contributed by atoms with van der Waals surface area (Å²) in [6.07, 6.45) is 8.74. The van der Waals surface area contributed by atoms with Gasteiger partial charge >= 0.3 is 0 Å². The average molecular weight is 290 g/mol. The van der Waals surface area contributed by atoms with E-state index < -0.39 is 0 Å². The first-order valence-electron chi connectivity index (χ1n) is 7.48. The average Bonchev–Trinajstić information content (AvgIpc) is 2.88. The minimum Gasteiger partial charge on any atom is -0.352 e. The molecule has 0 unspecified atom stereocenters. The molecule has 1 aromatic heterocycles. The molecule has 4 heteroatoms. The molecule has 1 saturated carbocycles. The third-order valence-corrected chi connectivity index (χ3v) is 5.13. The largest absolute Gasteiger partial charge is 0.352 e. The highest BCUT2D eigenvalue weighted by Gasteiger charge is 2.44. The molecule has 1 aliphatic heterocycles. The molecule has 0 atom stereocenters. The molecule has 1 amide bonds. The summed E-state index contributed by atoms with van der Waals surface area (Å²) in [5.74, 6) is 0.0334. The zero-order valence-corrected chi connectivity index (χ0v) is 12.6. The maximum atomic E-state index is 11.8. The number of nitrogens with one attached hydrogen (secondary N) is 1. The third kappa shape index (κ3) is 3.70. The predicted molar refractivity (Wildman–Crippen MR) is 83.7 cm³/mol. The second-order valence-electron chi connectivity index (χ2n) is 6.05. The molecule has 1 aromatic rings. The van der Waals surface area contributed by atoms with Crippen LogP contribution in [0.4, 0.5) is 0 Å². The lowest BCUT2D eigenvalue weighted by atomic mass is 10.1. The molecule has 3 rings (SSSR count). The molecule has 2 fully saturated rings. The van der Waals surface area contributed by atoms with Gasteiger partial charge in [-0.25, -0.2) is 0 Å². The summed E-state index contributed by atoms with van der Waals surface area (Å²) in [5, 5.41) is 5.09. The van der Waals surface area contributed by atoms with Crippen LogP contribution in [0.5, 0.6) is 0 Å². The van der Waals surface area contributed by atoms with Crippen molar-refractivity contribution in [2.75, 3.05) is 26.2 Å². The maximum Gasteiger partial charge on any atom is 0.244 e. The fraction of sp³-hybridized carbons (Fsp3) is 0.562. The van der Waals surface area contributed by atoms with Gasteiger partial charge in [-0.2, -0.15) is 0 Å². The van der Waals surface area contributed by atoms with Crippen LogP contribution in [0.2, 0.25) is 0 Å². The number of hydrogen-bond acceptors (Lipinski definition) is 3. The van der Waals surface area contributed by atoms with E-state index in [4.69, 9.17) is 0 Å². The molecule has 0 bridgehead atoms. The first kappa shape index (κ1) is 13.8. The van der Waals surface area contributed by atoms with Crippen molar-refractivity contribution in [3.05, 3.63) is 28.5 Å². The van der Waals surface area contributed by atoms with Gasteiger partial charge in [-0.15, -0.1) is 11.3 Å². The number of carbonyl (C=O) groups is 1. The van der Waals surface area contributed by atoms with Crippen LogP contribution in [0.15, 0.2) is 23.6 Å². The van der Waals surface area contributed by atoms with Crippen molar-refractivity contribution in [2.24, 2.45) is 5.41 Å². The fourth-order valence-electron chi connectivity index (χ4n) is 2.86. The van der Waals surface area contributed by atoms with Crippen LogP contribution < -0.4 is 5.32 Å². The van der Waals surface area contributed by atoms with Crippen LogP contribution in [0.3, 0.4) is 0 Å². The van der Waals surface area contributed by atoms with Gasteiger partial charge in [0.25, 0.3) is 0 Å². The molecule has 108 valence electrons. The molecule has 0 spiro atoms. The van der Waals surface area contributed by atoms with Gasteiger partial charge in [0, 0.05) is 29.5 Å². The van der Waals surface area contributed by atoms with E-state index in [9.17, 15) is 4.79 Å². The summed E-state index contributed by atoms with van der Waals surface area (Å²) >= 11 is 1.65. The van der Waals surface area contributed by atoms with E-state index in [1.165, 1.54) is 45.3 Å². The number of amides is 1. The van der Waals surface area contributed by atoms with Gasteiger partial charge in [-0.3, -0.25) is 4.79 Å². The molecule has 0 aromatic carbocycles. The second kappa shape index (κ2) is 6.10. The van der Waals surface area contributed by atoms with E-state index in [0.29, 0.717) is 5.41 Å². The van der Waals surface area contributed by atoms with E-state index in [0.717, 1.165) is 11.4 Å². The first-order chi connectivity index (χ1) is 9.76. The Morgan fingerprint density at radius 3 is 2.85 bits per heavy atom. The minimum atomic E-state index is 0.0334. The van der Waals surface area contributed by atoms with Crippen LogP contribution in [0.1, 0.15) is 30.6 Å². The Morgan fingerprint density at radius 2 is 2.20 bits per heavy atom. The van der Waals surface area contributed by atoms with Gasteiger partial charge in [-0.1, -0.05) is 6.07 Å². The molecule has 1 saturated heterocycles. The van der Waals surface area contributed by atoms with Gasteiger partial charge in [-0.05, 0) is 56.3 Å². The van der Waals surface area contributed by atoms with Crippen molar-refractivity contribution in [3.8, 4) is 0 Å². The van der Waals surface area contributed by atoms with Crippen molar-refractivity contribution in [2.45, 2.75) is 25.7 Å².